The van der Waals surface area contributed by atoms with Crippen LogP contribution in [0.1, 0.15) is 34.3 Å². The Hall–Kier alpha value is -4.19. The van der Waals surface area contributed by atoms with Crippen LogP contribution in [0.15, 0.2) is 79.0 Å². The van der Waals surface area contributed by atoms with Gasteiger partial charge in [0.25, 0.3) is 5.91 Å². The van der Waals surface area contributed by atoms with Crippen LogP contribution in [0, 0.1) is 19.8 Å². The second kappa shape index (κ2) is 8.98. The van der Waals surface area contributed by atoms with E-state index in [0.717, 1.165) is 35.2 Å². The summed E-state index contributed by atoms with van der Waals surface area (Å²) in [6.07, 6.45) is 3.64. The van der Waals surface area contributed by atoms with E-state index in [1.54, 1.807) is 16.9 Å². The van der Waals surface area contributed by atoms with Crippen molar-refractivity contribution in [3.8, 4) is 16.9 Å². The molecule has 6 heteroatoms. The van der Waals surface area contributed by atoms with Crippen molar-refractivity contribution < 1.29 is 9.59 Å². The molecule has 0 unspecified atom stereocenters. The van der Waals surface area contributed by atoms with Crippen LogP contribution in [-0.4, -0.2) is 21.6 Å². The second-order valence-electron chi connectivity index (χ2n) is 8.79. The summed E-state index contributed by atoms with van der Waals surface area (Å²) < 4.78 is 1.73. The van der Waals surface area contributed by atoms with Gasteiger partial charge in [0.15, 0.2) is 0 Å². The molecule has 0 bridgehead atoms. The SMILES string of the molecule is Cc1ccc(-c2nn(-c3ccccc3)cc2C(=O)Nc2cccc(NC(=O)C3CC3)c2)c(C)c1. The average Bonchev–Trinajstić information content (AvgIpc) is 3.59. The van der Waals surface area contributed by atoms with Crippen molar-refractivity contribution in [2.24, 2.45) is 5.92 Å². The van der Waals surface area contributed by atoms with E-state index in [-0.39, 0.29) is 17.7 Å². The molecular weight excluding hydrogens is 424 g/mol. The molecule has 2 amide bonds. The van der Waals surface area contributed by atoms with Gasteiger partial charge in [0.05, 0.1) is 11.3 Å². The minimum atomic E-state index is -0.261. The van der Waals surface area contributed by atoms with E-state index >= 15 is 0 Å². The first-order chi connectivity index (χ1) is 16.5. The molecule has 1 saturated carbocycles. The van der Waals surface area contributed by atoms with Gasteiger partial charge in [-0.3, -0.25) is 9.59 Å². The number of aromatic nitrogens is 2. The largest absolute Gasteiger partial charge is 0.326 e. The Kier molecular flexibility index (Phi) is 5.72. The number of carbonyl (C=O) groups excluding carboxylic acids is 2. The molecule has 1 heterocycles. The Labute approximate surface area is 198 Å². The molecule has 3 aromatic carbocycles. The van der Waals surface area contributed by atoms with Crippen LogP contribution in [0.4, 0.5) is 11.4 Å². The van der Waals surface area contributed by atoms with Crippen LogP contribution >= 0.6 is 0 Å². The van der Waals surface area contributed by atoms with Crippen LogP contribution in [0.2, 0.25) is 0 Å². The van der Waals surface area contributed by atoms with Crippen LogP contribution in [0.5, 0.6) is 0 Å². The number of anilines is 2. The zero-order valence-electron chi connectivity index (χ0n) is 19.2. The predicted molar refractivity (Wildman–Crippen MR) is 134 cm³/mol. The molecule has 5 rings (SSSR count). The molecule has 1 aromatic heterocycles. The Morgan fingerprint density at radius 3 is 2.32 bits per heavy atom. The highest BCUT2D eigenvalue weighted by Gasteiger charge is 2.29. The lowest BCUT2D eigenvalue weighted by Gasteiger charge is -2.10. The van der Waals surface area contributed by atoms with Crippen LogP contribution < -0.4 is 10.6 Å². The maximum absolute atomic E-state index is 13.4. The number of para-hydroxylation sites is 1. The van der Waals surface area contributed by atoms with Gasteiger partial charge in [-0.1, -0.05) is 48.0 Å². The summed E-state index contributed by atoms with van der Waals surface area (Å²) in [5.74, 6) is -0.116. The first-order valence-electron chi connectivity index (χ1n) is 11.4. The van der Waals surface area contributed by atoms with Gasteiger partial charge in [-0.2, -0.15) is 5.10 Å². The van der Waals surface area contributed by atoms with E-state index in [9.17, 15) is 9.59 Å². The topological polar surface area (TPSA) is 76.0 Å². The lowest BCUT2D eigenvalue weighted by molar-refractivity contribution is -0.117. The van der Waals surface area contributed by atoms with Gasteiger partial charge in [-0.15, -0.1) is 0 Å². The highest BCUT2D eigenvalue weighted by Crippen LogP contribution is 2.31. The number of aryl methyl sites for hydroxylation is 2. The Balaban J connectivity index is 1.47. The van der Waals surface area contributed by atoms with E-state index in [1.807, 2.05) is 74.5 Å². The number of carbonyl (C=O) groups is 2. The van der Waals surface area contributed by atoms with E-state index in [4.69, 9.17) is 5.10 Å². The molecule has 0 atom stereocenters. The van der Waals surface area contributed by atoms with Gasteiger partial charge < -0.3 is 10.6 Å². The number of nitrogens with one attached hydrogen (secondary N) is 2. The van der Waals surface area contributed by atoms with Gasteiger partial charge >= 0.3 is 0 Å². The fourth-order valence-corrected chi connectivity index (χ4v) is 3.99. The number of nitrogens with zero attached hydrogens (tertiary/aromatic N) is 2. The summed E-state index contributed by atoms with van der Waals surface area (Å²) in [5, 5.41) is 10.7. The lowest BCUT2D eigenvalue weighted by Crippen LogP contribution is -2.15. The van der Waals surface area contributed by atoms with Crippen molar-refractivity contribution in [2.45, 2.75) is 26.7 Å². The summed E-state index contributed by atoms with van der Waals surface area (Å²) in [6, 6.07) is 23.1. The molecule has 6 nitrogen and oxygen atoms in total. The van der Waals surface area contributed by atoms with Crippen LogP contribution in [0.3, 0.4) is 0 Å². The van der Waals surface area contributed by atoms with Gasteiger partial charge in [0, 0.05) is 29.1 Å². The second-order valence-corrected chi connectivity index (χ2v) is 8.79. The maximum atomic E-state index is 13.4. The number of hydrogen-bond donors (Lipinski definition) is 2. The van der Waals surface area contributed by atoms with Crippen LogP contribution in [0.25, 0.3) is 16.9 Å². The number of rotatable bonds is 6. The smallest absolute Gasteiger partial charge is 0.259 e. The fraction of sp³-hybridized carbons (Fsp3) is 0.179. The average molecular weight is 451 g/mol. The molecule has 0 aliphatic heterocycles. The summed E-state index contributed by atoms with van der Waals surface area (Å²) in [4.78, 5) is 25.5. The van der Waals surface area contributed by atoms with Crippen molar-refractivity contribution in [3.63, 3.8) is 0 Å². The minimum absolute atomic E-state index is 0.0322. The van der Waals surface area contributed by atoms with Crippen molar-refractivity contribution in [1.29, 1.82) is 0 Å². The Bertz CT molecular complexity index is 1370. The normalized spacial score (nSPS) is 12.9. The quantitative estimate of drug-likeness (QED) is 0.392. The summed E-state index contributed by atoms with van der Waals surface area (Å²) >= 11 is 0. The van der Waals surface area contributed by atoms with Gasteiger partial charge in [0.1, 0.15) is 5.69 Å². The first kappa shape index (κ1) is 21.6. The van der Waals surface area contributed by atoms with Crippen molar-refractivity contribution in [1.82, 2.24) is 9.78 Å². The molecule has 1 aliphatic carbocycles. The third-order valence-electron chi connectivity index (χ3n) is 5.95. The molecule has 2 N–H and O–H groups in total. The Morgan fingerprint density at radius 1 is 0.882 bits per heavy atom. The summed E-state index contributed by atoms with van der Waals surface area (Å²) in [5.41, 5.74) is 6.37. The molecule has 170 valence electrons. The summed E-state index contributed by atoms with van der Waals surface area (Å²) in [7, 11) is 0. The third-order valence-corrected chi connectivity index (χ3v) is 5.95. The molecule has 34 heavy (non-hydrogen) atoms. The molecule has 0 radical (unpaired) electrons. The highest BCUT2D eigenvalue weighted by molar-refractivity contribution is 6.08. The van der Waals surface area contributed by atoms with Gasteiger partial charge in [-0.05, 0) is 62.6 Å². The molecule has 0 spiro atoms. The van der Waals surface area contributed by atoms with E-state index in [0.29, 0.717) is 22.6 Å². The highest BCUT2D eigenvalue weighted by atomic mass is 16.2. The molecular formula is C28H26N4O2. The molecule has 1 aliphatic rings. The molecule has 1 fully saturated rings. The van der Waals surface area contributed by atoms with Gasteiger partial charge in [0.2, 0.25) is 5.91 Å². The van der Waals surface area contributed by atoms with E-state index in [2.05, 4.69) is 16.7 Å². The lowest BCUT2D eigenvalue weighted by atomic mass is 10.0. The fourth-order valence-electron chi connectivity index (χ4n) is 3.99. The van der Waals surface area contributed by atoms with Gasteiger partial charge in [-0.25, -0.2) is 4.68 Å². The van der Waals surface area contributed by atoms with E-state index < -0.39 is 0 Å². The Morgan fingerprint density at radius 2 is 1.62 bits per heavy atom. The monoisotopic (exact) mass is 450 g/mol. The zero-order chi connectivity index (χ0) is 23.7. The predicted octanol–water partition coefficient (Wildman–Crippen LogP) is 5.76. The van der Waals surface area contributed by atoms with E-state index in [1.165, 1.54) is 0 Å². The first-order valence-corrected chi connectivity index (χ1v) is 11.4. The number of benzene rings is 3. The minimum Gasteiger partial charge on any atom is -0.326 e. The summed E-state index contributed by atoms with van der Waals surface area (Å²) in [6.45, 7) is 4.07. The van der Waals surface area contributed by atoms with Crippen molar-refractivity contribution in [3.05, 3.63) is 95.7 Å². The number of hydrogen-bond acceptors (Lipinski definition) is 3. The zero-order valence-corrected chi connectivity index (χ0v) is 19.2. The van der Waals surface area contributed by atoms with Crippen molar-refractivity contribution >= 4 is 23.2 Å². The molecule has 4 aromatic rings. The van der Waals surface area contributed by atoms with Crippen LogP contribution in [-0.2, 0) is 4.79 Å². The maximum Gasteiger partial charge on any atom is 0.259 e. The standard InChI is InChI=1S/C28H26N4O2/c1-18-11-14-24(19(2)15-18)26-25(17-32(31-26)23-9-4-3-5-10-23)28(34)30-22-8-6-7-21(16-22)29-27(33)20-12-13-20/h3-11,14-17,20H,12-13H2,1-2H3,(H,29,33)(H,30,34). The number of amides is 2. The third kappa shape index (κ3) is 4.62. The molecule has 0 saturated heterocycles. The van der Waals surface area contributed by atoms with Crippen molar-refractivity contribution in [2.75, 3.05) is 10.6 Å².